The Balaban J connectivity index is 1.97. The van der Waals surface area contributed by atoms with Gasteiger partial charge in [-0.15, -0.1) is 0 Å². The van der Waals surface area contributed by atoms with Gasteiger partial charge in [-0.1, -0.05) is 28.1 Å². The number of halogens is 1. The number of hydrogen-bond donors (Lipinski definition) is 1. The fourth-order valence-corrected chi connectivity index (χ4v) is 3.56. The molecule has 17 heavy (non-hydrogen) atoms. The summed E-state index contributed by atoms with van der Waals surface area (Å²) in [5.74, 6) is 0. The fraction of sp³-hybridized carbons (Fsp3) is 0.455. The summed E-state index contributed by atoms with van der Waals surface area (Å²) in [7, 11) is -3.30. The summed E-state index contributed by atoms with van der Waals surface area (Å²) in [6.45, 7) is 1.60. The van der Waals surface area contributed by atoms with Gasteiger partial charge in [0.25, 0.3) is 10.2 Å². The van der Waals surface area contributed by atoms with E-state index in [1.165, 1.54) is 4.31 Å². The van der Waals surface area contributed by atoms with Crippen molar-refractivity contribution in [2.45, 2.75) is 19.4 Å². The quantitative estimate of drug-likeness (QED) is 0.921. The summed E-state index contributed by atoms with van der Waals surface area (Å²) in [5.41, 5.74) is 0.946. The molecule has 0 radical (unpaired) electrons. The molecule has 2 rings (SSSR count). The van der Waals surface area contributed by atoms with Crippen molar-refractivity contribution in [1.82, 2.24) is 9.03 Å². The average Bonchev–Trinajstić information content (AvgIpc) is 2.81. The van der Waals surface area contributed by atoms with Crippen molar-refractivity contribution in [3.05, 3.63) is 34.3 Å². The highest BCUT2D eigenvalue weighted by molar-refractivity contribution is 9.10. The molecule has 0 atom stereocenters. The summed E-state index contributed by atoms with van der Waals surface area (Å²) >= 11 is 3.36. The Labute approximate surface area is 110 Å². The van der Waals surface area contributed by atoms with Crippen LogP contribution in [0.1, 0.15) is 18.4 Å². The van der Waals surface area contributed by atoms with Gasteiger partial charge < -0.3 is 0 Å². The van der Waals surface area contributed by atoms with Crippen molar-refractivity contribution in [1.29, 1.82) is 0 Å². The molecule has 0 saturated carbocycles. The Bertz CT molecular complexity index is 484. The van der Waals surface area contributed by atoms with Crippen molar-refractivity contribution in [2.75, 3.05) is 13.1 Å². The molecule has 1 aromatic carbocycles. The first-order valence-corrected chi connectivity index (χ1v) is 7.80. The minimum atomic E-state index is -3.30. The molecule has 0 unspecified atom stereocenters. The van der Waals surface area contributed by atoms with Crippen LogP contribution >= 0.6 is 15.9 Å². The summed E-state index contributed by atoms with van der Waals surface area (Å²) in [6.07, 6.45) is 1.91. The zero-order valence-corrected chi connectivity index (χ0v) is 11.8. The highest BCUT2D eigenvalue weighted by atomic mass is 79.9. The zero-order valence-electron chi connectivity index (χ0n) is 9.39. The third-order valence-corrected chi connectivity index (χ3v) is 4.80. The highest BCUT2D eigenvalue weighted by Crippen LogP contribution is 2.14. The van der Waals surface area contributed by atoms with Gasteiger partial charge in [-0.2, -0.15) is 17.4 Å². The van der Waals surface area contributed by atoms with E-state index in [0.29, 0.717) is 19.6 Å². The van der Waals surface area contributed by atoms with Gasteiger partial charge in [-0.25, -0.2) is 0 Å². The molecule has 0 aromatic heterocycles. The Kier molecular flexibility index (Phi) is 4.19. The van der Waals surface area contributed by atoms with Crippen LogP contribution in [0.15, 0.2) is 28.7 Å². The molecule has 0 spiro atoms. The number of nitrogens with zero attached hydrogens (tertiary/aromatic N) is 1. The van der Waals surface area contributed by atoms with Crippen molar-refractivity contribution in [2.24, 2.45) is 0 Å². The normalized spacial score (nSPS) is 17.5. The zero-order chi connectivity index (χ0) is 12.3. The third-order valence-electron chi connectivity index (χ3n) is 2.75. The van der Waals surface area contributed by atoms with Crippen molar-refractivity contribution in [3.8, 4) is 0 Å². The Morgan fingerprint density at radius 2 is 2.00 bits per heavy atom. The lowest BCUT2D eigenvalue weighted by molar-refractivity contribution is 0.464. The molecular formula is C11H15BrN2O2S. The predicted octanol–water partition coefficient (Wildman–Crippen LogP) is 1.88. The van der Waals surface area contributed by atoms with E-state index in [2.05, 4.69) is 20.7 Å². The fourth-order valence-electron chi connectivity index (χ4n) is 1.84. The predicted molar refractivity (Wildman–Crippen MR) is 70.7 cm³/mol. The third kappa shape index (κ3) is 3.51. The van der Waals surface area contributed by atoms with E-state index in [4.69, 9.17) is 0 Å². The number of rotatable bonds is 4. The maximum absolute atomic E-state index is 11.9. The maximum atomic E-state index is 11.9. The monoisotopic (exact) mass is 318 g/mol. The summed E-state index contributed by atoms with van der Waals surface area (Å²) in [5, 5.41) is 0. The van der Waals surface area contributed by atoms with E-state index in [1.54, 1.807) is 0 Å². The summed E-state index contributed by atoms with van der Waals surface area (Å²) in [6, 6.07) is 7.62. The Morgan fingerprint density at radius 1 is 1.29 bits per heavy atom. The molecule has 1 heterocycles. The van der Waals surface area contributed by atoms with Gasteiger partial charge in [-0.3, -0.25) is 0 Å². The standard InChI is InChI=1S/C11H15BrN2O2S/c12-11-5-3-4-10(8-11)9-13-17(15,16)14-6-1-2-7-14/h3-5,8,13H,1-2,6-7,9H2. The van der Waals surface area contributed by atoms with Crippen LogP contribution in [-0.4, -0.2) is 25.8 Å². The van der Waals surface area contributed by atoms with Crippen molar-refractivity contribution in [3.63, 3.8) is 0 Å². The van der Waals surface area contributed by atoms with Crippen LogP contribution in [0.25, 0.3) is 0 Å². The lowest BCUT2D eigenvalue weighted by Crippen LogP contribution is -2.38. The lowest BCUT2D eigenvalue weighted by Gasteiger charge is -2.16. The van der Waals surface area contributed by atoms with Crippen LogP contribution in [0.5, 0.6) is 0 Å². The first kappa shape index (κ1) is 13.0. The van der Waals surface area contributed by atoms with Crippen molar-refractivity contribution < 1.29 is 8.42 Å². The van der Waals surface area contributed by atoms with Gasteiger partial charge in [0.05, 0.1) is 0 Å². The molecule has 1 fully saturated rings. The lowest BCUT2D eigenvalue weighted by atomic mass is 10.2. The number of benzene rings is 1. The molecule has 1 aliphatic rings. The summed E-state index contributed by atoms with van der Waals surface area (Å²) < 4.78 is 28.9. The SMILES string of the molecule is O=S(=O)(NCc1cccc(Br)c1)N1CCCC1. The summed E-state index contributed by atoms with van der Waals surface area (Å²) in [4.78, 5) is 0. The topological polar surface area (TPSA) is 49.4 Å². The van der Waals surface area contributed by atoms with Gasteiger partial charge in [0.2, 0.25) is 0 Å². The molecule has 0 bridgehead atoms. The van der Waals surface area contributed by atoms with E-state index in [0.717, 1.165) is 22.9 Å². The van der Waals surface area contributed by atoms with E-state index >= 15 is 0 Å². The van der Waals surface area contributed by atoms with Gasteiger partial charge in [0.15, 0.2) is 0 Å². The smallest absolute Gasteiger partial charge is 0.198 e. The van der Waals surface area contributed by atoms with E-state index in [-0.39, 0.29) is 0 Å². The van der Waals surface area contributed by atoms with Gasteiger partial charge in [0, 0.05) is 24.1 Å². The molecule has 0 amide bonds. The Morgan fingerprint density at radius 3 is 2.65 bits per heavy atom. The van der Waals surface area contributed by atoms with Crippen LogP contribution in [0, 0.1) is 0 Å². The average molecular weight is 319 g/mol. The Hall–Kier alpha value is -0.430. The van der Waals surface area contributed by atoms with E-state index < -0.39 is 10.2 Å². The second-order valence-corrected chi connectivity index (χ2v) is 6.73. The highest BCUT2D eigenvalue weighted by Gasteiger charge is 2.24. The van der Waals surface area contributed by atoms with Crippen LogP contribution in [0.4, 0.5) is 0 Å². The second-order valence-electron chi connectivity index (χ2n) is 4.06. The molecule has 1 N–H and O–H groups in total. The maximum Gasteiger partial charge on any atom is 0.279 e. The molecule has 6 heteroatoms. The first-order valence-electron chi connectivity index (χ1n) is 5.57. The minimum absolute atomic E-state index is 0.332. The molecule has 1 aliphatic heterocycles. The van der Waals surface area contributed by atoms with Crippen LogP contribution in [0.2, 0.25) is 0 Å². The van der Waals surface area contributed by atoms with Crippen molar-refractivity contribution >= 4 is 26.1 Å². The molecule has 1 aromatic rings. The van der Waals surface area contributed by atoms with Crippen LogP contribution < -0.4 is 4.72 Å². The molecule has 1 saturated heterocycles. The molecular weight excluding hydrogens is 304 g/mol. The molecule has 4 nitrogen and oxygen atoms in total. The minimum Gasteiger partial charge on any atom is -0.198 e. The number of hydrogen-bond acceptors (Lipinski definition) is 2. The largest absolute Gasteiger partial charge is 0.279 e. The first-order chi connectivity index (χ1) is 8.08. The van der Waals surface area contributed by atoms with Gasteiger partial charge in [-0.05, 0) is 30.5 Å². The van der Waals surface area contributed by atoms with Crippen LogP contribution in [0.3, 0.4) is 0 Å². The van der Waals surface area contributed by atoms with Gasteiger partial charge in [0.1, 0.15) is 0 Å². The van der Waals surface area contributed by atoms with E-state index in [1.807, 2.05) is 24.3 Å². The molecule has 0 aliphatic carbocycles. The molecule has 94 valence electrons. The second kappa shape index (κ2) is 5.48. The van der Waals surface area contributed by atoms with E-state index in [9.17, 15) is 8.42 Å². The van der Waals surface area contributed by atoms with Gasteiger partial charge >= 0.3 is 0 Å². The number of nitrogens with one attached hydrogen (secondary N) is 1. The van der Waals surface area contributed by atoms with Crippen LogP contribution in [-0.2, 0) is 16.8 Å².